The summed E-state index contributed by atoms with van der Waals surface area (Å²) in [6.07, 6.45) is 68.2. The van der Waals surface area contributed by atoms with E-state index in [9.17, 15) is 14.4 Å². The van der Waals surface area contributed by atoms with Gasteiger partial charge in [-0.15, -0.1) is 0 Å². The van der Waals surface area contributed by atoms with E-state index in [1.165, 1.54) is 77.0 Å². The minimum Gasteiger partial charge on any atom is -0.462 e. The molecule has 0 amide bonds. The lowest BCUT2D eigenvalue weighted by molar-refractivity contribution is -0.167. The molecule has 0 saturated carbocycles. The number of esters is 3. The first-order chi connectivity index (χ1) is 31.5. The zero-order valence-electron chi connectivity index (χ0n) is 41.5. The third kappa shape index (κ3) is 49.3. The summed E-state index contributed by atoms with van der Waals surface area (Å²) in [7, 11) is 0. The second-order valence-electron chi connectivity index (χ2n) is 17.0. The molecule has 0 spiro atoms. The van der Waals surface area contributed by atoms with E-state index < -0.39 is 6.10 Å². The number of ether oxygens (including phenoxy) is 3. The molecule has 0 radical (unpaired) electrons. The van der Waals surface area contributed by atoms with Gasteiger partial charge in [-0.3, -0.25) is 14.4 Å². The van der Waals surface area contributed by atoms with Crippen molar-refractivity contribution in [1.29, 1.82) is 0 Å². The van der Waals surface area contributed by atoms with Gasteiger partial charge in [-0.05, 0) is 116 Å². The Bertz CT molecular complexity index is 1300. The summed E-state index contributed by atoms with van der Waals surface area (Å²) in [5, 5.41) is 0. The summed E-state index contributed by atoms with van der Waals surface area (Å²) in [6, 6.07) is 0. The van der Waals surface area contributed by atoms with E-state index >= 15 is 0 Å². The Kier molecular flexibility index (Phi) is 49.0. The number of carbonyl (C=O) groups is 3. The van der Waals surface area contributed by atoms with Crippen LogP contribution < -0.4 is 0 Å². The fraction of sp³-hybridized carbons (Fsp3) is 0.672. The van der Waals surface area contributed by atoms with Crippen LogP contribution in [-0.4, -0.2) is 37.2 Å². The van der Waals surface area contributed by atoms with Gasteiger partial charge in [-0.25, -0.2) is 0 Å². The third-order valence-corrected chi connectivity index (χ3v) is 10.8. The number of allylic oxidation sites excluding steroid dienone is 16. The number of unbranched alkanes of at least 4 members (excludes halogenated alkanes) is 19. The minimum absolute atomic E-state index is 0.109. The number of hydrogen-bond donors (Lipinski definition) is 0. The summed E-state index contributed by atoms with van der Waals surface area (Å²) >= 11 is 0. The maximum Gasteiger partial charge on any atom is 0.306 e. The van der Waals surface area contributed by atoms with E-state index in [4.69, 9.17) is 14.2 Å². The van der Waals surface area contributed by atoms with Gasteiger partial charge >= 0.3 is 17.9 Å². The maximum atomic E-state index is 12.8. The van der Waals surface area contributed by atoms with Crippen molar-refractivity contribution in [3.05, 3.63) is 97.2 Å². The van der Waals surface area contributed by atoms with Crippen molar-refractivity contribution in [2.24, 2.45) is 0 Å². The van der Waals surface area contributed by atoms with E-state index in [1.807, 2.05) is 0 Å². The number of rotatable bonds is 46. The van der Waals surface area contributed by atoms with Crippen molar-refractivity contribution in [3.63, 3.8) is 0 Å². The first-order valence-electron chi connectivity index (χ1n) is 26.2. The Morgan fingerprint density at radius 1 is 0.328 bits per heavy atom. The second-order valence-corrected chi connectivity index (χ2v) is 17.0. The highest BCUT2D eigenvalue weighted by Crippen LogP contribution is 2.13. The Morgan fingerprint density at radius 2 is 0.625 bits per heavy atom. The van der Waals surface area contributed by atoms with Crippen LogP contribution in [0, 0.1) is 0 Å². The molecule has 364 valence electrons. The summed E-state index contributed by atoms with van der Waals surface area (Å²) in [5.74, 6) is -0.998. The molecule has 0 rings (SSSR count). The van der Waals surface area contributed by atoms with Crippen molar-refractivity contribution < 1.29 is 28.6 Å². The van der Waals surface area contributed by atoms with E-state index in [2.05, 4.69) is 118 Å². The highest BCUT2D eigenvalue weighted by atomic mass is 16.6. The lowest BCUT2D eigenvalue weighted by Crippen LogP contribution is -2.30. The summed E-state index contributed by atoms with van der Waals surface area (Å²) in [5.41, 5.74) is 0. The molecule has 0 aliphatic rings. The van der Waals surface area contributed by atoms with Gasteiger partial charge in [0.1, 0.15) is 13.2 Å². The van der Waals surface area contributed by atoms with Gasteiger partial charge in [0.15, 0.2) is 6.10 Å². The van der Waals surface area contributed by atoms with Crippen LogP contribution in [0.25, 0.3) is 0 Å². The molecule has 1 unspecified atom stereocenters. The first-order valence-corrected chi connectivity index (χ1v) is 26.2. The molecule has 6 nitrogen and oxygen atoms in total. The van der Waals surface area contributed by atoms with E-state index in [1.54, 1.807) is 0 Å². The normalized spacial score (nSPS) is 12.9. The Balaban J connectivity index is 4.52. The van der Waals surface area contributed by atoms with Crippen molar-refractivity contribution >= 4 is 17.9 Å². The number of carbonyl (C=O) groups excluding carboxylic acids is 3. The molecule has 0 aromatic carbocycles. The Labute approximate surface area is 394 Å². The predicted molar refractivity (Wildman–Crippen MR) is 274 cm³/mol. The lowest BCUT2D eigenvalue weighted by atomic mass is 10.1. The van der Waals surface area contributed by atoms with Gasteiger partial charge in [0.05, 0.1) is 0 Å². The van der Waals surface area contributed by atoms with Crippen LogP contribution in [0.1, 0.15) is 233 Å². The van der Waals surface area contributed by atoms with Gasteiger partial charge in [-0.2, -0.15) is 0 Å². The van der Waals surface area contributed by atoms with Crippen molar-refractivity contribution in [3.8, 4) is 0 Å². The van der Waals surface area contributed by atoms with Gasteiger partial charge in [0, 0.05) is 19.3 Å². The SMILES string of the molecule is CC/C=C\C/C=C\C/C=C\CCCCCCCCC(=O)OC(COC(=O)CCC/C=C\C/C=C\C/C=C\C/C=C\CCCCC)COC(=O)CCCCC/C=C\CCCCCCCC. The smallest absolute Gasteiger partial charge is 0.306 e. The highest BCUT2D eigenvalue weighted by molar-refractivity contribution is 5.71. The van der Waals surface area contributed by atoms with Crippen LogP contribution in [0.2, 0.25) is 0 Å². The van der Waals surface area contributed by atoms with Crippen LogP contribution in [-0.2, 0) is 28.6 Å². The third-order valence-electron chi connectivity index (χ3n) is 10.8. The molecule has 0 N–H and O–H groups in total. The molecule has 0 aromatic rings. The van der Waals surface area contributed by atoms with Crippen molar-refractivity contribution in [2.75, 3.05) is 13.2 Å². The molecule has 6 heteroatoms. The average molecular weight is 889 g/mol. The molecule has 0 aliphatic carbocycles. The maximum absolute atomic E-state index is 12.8. The van der Waals surface area contributed by atoms with Crippen LogP contribution >= 0.6 is 0 Å². The molecule has 1 atom stereocenters. The van der Waals surface area contributed by atoms with Crippen molar-refractivity contribution in [2.45, 2.75) is 239 Å². The average Bonchev–Trinajstić information content (AvgIpc) is 3.29. The molecule has 0 aliphatic heterocycles. The largest absolute Gasteiger partial charge is 0.462 e. The van der Waals surface area contributed by atoms with Crippen LogP contribution in [0.4, 0.5) is 0 Å². The standard InChI is InChI=1S/C58H96O6/c1-4-7-10-13-16-19-22-25-27-29-31-33-36-39-42-45-48-51-57(60)63-54-55(53-62-56(59)50-47-44-41-38-35-32-24-21-18-15-12-9-6-3)64-58(61)52-49-46-43-40-37-34-30-28-26-23-20-17-14-11-8-5-2/h8,11,16-17,19-20,25-28,31-33,35,39,42,55H,4-7,9-10,12-15,18,21-24,29-30,34,36-38,40-41,43-54H2,1-3H3/b11-8-,19-16-,20-17-,27-25-,28-26-,33-31-,35-32-,42-39-. The lowest BCUT2D eigenvalue weighted by Gasteiger charge is -2.18. The van der Waals surface area contributed by atoms with E-state index in [-0.39, 0.29) is 37.5 Å². The highest BCUT2D eigenvalue weighted by Gasteiger charge is 2.19. The van der Waals surface area contributed by atoms with Crippen molar-refractivity contribution in [1.82, 2.24) is 0 Å². The fourth-order valence-corrected chi connectivity index (χ4v) is 6.85. The Morgan fingerprint density at radius 3 is 1.08 bits per heavy atom. The van der Waals surface area contributed by atoms with Gasteiger partial charge in [0.2, 0.25) is 0 Å². The summed E-state index contributed by atoms with van der Waals surface area (Å²) < 4.78 is 16.7. The molecule has 0 bridgehead atoms. The topological polar surface area (TPSA) is 78.9 Å². The van der Waals surface area contributed by atoms with Crippen LogP contribution in [0.5, 0.6) is 0 Å². The zero-order chi connectivity index (χ0) is 46.5. The predicted octanol–water partition coefficient (Wildman–Crippen LogP) is 17.4. The fourth-order valence-electron chi connectivity index (χ4n) is 6.85. The van der Waals surface area contributed by atoms with Gasteiger partial charge in [-0.1, -0.05) is 195 Å². The number of hydrogen-bond acceptors (Lipinski definition) is 6. The zero-order valence-corrected chi connectivity index (χ0v) is 41.5. The summed E-state index contributed by atoms with van der Waals surface area (Å²) in [6.45, 7) is 6.41. The molecule has 0 fully saturated rings. The monoisotopic (exact) mass is 889 g/mol. The molecule has 0 heterocycles. The van der Waals surface area contributed by atoms with Crippen LogP contribution in [0.3, 0.4) is 0 Å². The molecular formula is C58H96O6. The molecule has 0 saturated heterocycles. The summed E-state index contributed by atoms with van der Waals surface area (Å²) in [4.78, 5) is 38.0. The minimum atomic E-state index is -0.813. The van der Waals surface area contributed by atoms with E-state index in [0.29, 0.717) is 19.3 Å². The molecule has 64 heavy (non-hydrogen) atoms. The Hall–Kier alpha value is -3.67. The van der Waals surface area contributed by atoms with Gasteiger partial charge in [0.25, 0.3) is 0 Å². The van der Waals surface area contributed by atoms with E-state index in [0.717, 1.165) is 109 Å². The van der Waals surface area contributed by atoms with Crippen LogP contribution in [0.15, 0.2) is 97.2 Å². The van der Waals surface area contributed by atoms with Gasteiger partial charge < -0.3 is 14.2 Å². The second kappa shape index (κ2) is 52.0. The molecule has 0 aromatic heterocycles. The quantitative estimate of drug-likeness (QED) is 0.0262. The molecular weight excluding hydrogens is 793 g/mol. The first kappa shape index (κ1) is 60.3.